The second kappa shape index (κ2) is 44.1. The number of methoxy groups -OCH3 is 2. The monoisotopic (exact) mass is 1280 g/mol. The van der Waals surface area contributed by atoms with Crippen molar-refractivity contribution in [2.24, 2.45) is 0 Å². The van der Waals surface area contributed by atoms with Crippen molar-refractivity contribution in [1.82, 2.24) is 0 Å². The standard InChI is InChI=1S/C34H47NO11S2.C32H62N3O5/c1-28-5-10-31(11-6-28)47(36,37)45-25-23-43-21-19-41-17-15-35(33-27-30(3)9-14-34(33)40-4)16-18-42-20-22-44-24-26-46-48(38,39)32-12-7-29(2)8-13-32;1-9-34(10-2,11-3)19-23-39-27-25-37-21-17-33(31-29-30(7)15-16-32(31)36-8)18-22-38-26-28-40-24-20-35(12-4,13-5)14-6/h5-14,27H,15-26H2,1-4H3;9,15-16,29H,10-14,17-28H2,1-8H3/q;+1. The molecule has 0 unspecified atom stereocenters. The Morgan fingerprint density at radius 2 is 0.670 bits per heavy atom. The number of hydrogen-bond acceptors (Lipinski definition) is 18. The fourth-order valence-corrected chi connectivity index (χ4v) is 11.2. The Balaban J connectivity index is 0.000000469. The molecule has 0 bridgehead atoms. The van der Waals surface area contributed by atoms with E-state index in [4.69, 9.17) is 55.7 Å². The number of quaternary nitrogens is 2. The number of anilines is 2. The average Bonchev–Trinajstić information content (AvgIpc) is 3.66. The van der Waals surface area contributed by atoms with E-state index in [0.717, 1.165) is 121 Å². The van der Waals surface area contributed by atoms with Crippen LogP contribution in [0.5, 0.6) is 11.5 Å². The van der Waals surface area contributed by atoms with Gasteiger partial charge in [0.25, 0.3) is 20.2 Å². The summed E-state index contributed by atoms with van der Waals surface area (Å²) in [6, 6.07) is 25.1. The summed E-state index contributed by atoms with van der Waals surface area (Å²) in [5.74, 6) is 1.59. The van der Waals surface area contributed by atoms with Crippen LogP contribution in [0.15, 0.2) is 94.7 Å². The maximum absolute atomic E-state index is 12.3. The molecule has 0 spiro atoms. The molecule has 20 nitrogen and oxygen atoms in total. The molecule has 0 aromatic heterocycles. The quantitative estimate of drug-likeness (QED) is 0.0176. The summed E-state index contributed by atoms with van der Waals surface area (Å²) in [5.41, 5.74) is 6.18. The van der Waals surface area contributed by atoms with Crippen molar-refractivity contribution in [3.05, 3.63) is 114 Å². The summed E-state index contributed by atoms with van der Waals surface area (Å²) >= 11 is 0. The first-order valence-corrected chi connectivity index (χ1v) is 34.1. The van der Waals surface area contributed by atoms with Crippen molar-refractivity contribution in [1.29, 1.82) is 0 Å². The molecule has 22 heteroatoms. The van der Waals surface area contributed by atoms with Gasteiger partial charge >= 0.3 is 0 Å². The van der Waals surface area contributed by atoms with E-state index in [1.54, 1.807) is 38.5 Å². The Bertz CT molecular complexity index is 2530. The van der Waals surface area contributed by atoms with Gasteiger partial charge in [-0.05, 0) is 122 Å². The third-order valence-corrected chi connectivity index (χ3v) is 18.3. The van der Waals surface area contributed by atoms with Crippen molar-refractivity contribution in [3.8, 4) is 11.5 Å². The third kappa shape index (κ3) is 29.6. The average molecular weight is 1280 g/mol. The zero-order valence-electron chi connectivity index (χ0n) is 55.3. The highest BCUT2D eigenvalue weighted by atomic mass is 32.2. The van der Waals surface area contributed by atoms with Crippen molar-refractivity contribution in [2.45, 2.75) is 79.0 Å². The molecule has 0 aliphatic carbocycles. The van der Waals surface area contributed by atoms with E-state index in [2.05, 4.69) is 76.9 Å². The molecule has 500 valence electrons. The predicted molar refractivity (Wildman–Crippen MR) is 348 cm³/mol. The van der Waals surface area contributed by atoms with E-state index in [-0.39, 0.29) is 49.4 Å². The molecule has 0 heterocycles. The van der Waals surface area contributed by atoms with Crippen molar-refractivity contribution in [2.75, 3.05) is 215 Å². The number of likely N-dealkylation sites (N-methyl/N-ethyl adjacent to an activating group) is 2. The second-order valence-corrected chi connectivity index (χ2v) is 24.5. The second-order valence-electron chi connectivity index (χ2n) is 21.2. The Morgan fingerprint density at radius 3 is 0.977 bits per heavy atom. The Morgan fingerprint density at radius 1 is 0.375 bits per heavy atom. The summed E-state index contributed by atoms with van der Waals surface area (Å²) in [5, 5.41) is 0. The van der Waals surface area contributed by atoms with Crippen LogP contribution in [0.2, 0.25) is 0 Å². The smallest absolute Gasteiger partial charge is 0.297 e. The van der Waals surface area contributed by atoms with Gasteiger partial charge in [0.2, 0.25) is 0 Å². The third-order valence-electron chi connectivity index (χ3n) is 15.6. The van der Waals surface area contributed by atoms with Crippen molar-refractivity contribution < 1.29 is 81.5 Å². The van der Waals surface area contributed by atoms with Gasteiger partial charge in [-0.15, -0.1) is 13.5 Å². The van der Waals surface area contributed by atoms with Crippen LogP contribution >= 0.6 is 0 Å². The molecule has 4 aromatic carbocycles. The van der Waals surface area contributed by atoms with Crippen molar-refractivity contribution in [3.63, 3.8) is 0 Å². The van der Waals surface area contributed by atoms with Crippen LogP contribution in [-0.4, -0.2) is 231 Å². The molecular weight excluding hydrogens is 1170 g/mol. The molecule has 4 rings (SSSR count). The van der Waals surface area contributed by atoms with E-state index >= 15 is 0 Å². The first-order valence-electron chi connectivity index (χ1n) is 31.2. The summed E-state index contributed by atoms with van der Waals surface area (Å²) < 4.78 is 119. The lowest BCUT2D eigenvalue weighted by molar-refractivity contribution is -0.923. The van der Waals surface area contributed by atoms with Crippen LogP contribution in [0.4, 0.5) is 11.4 Å². The summed E-state index contributed by atoms with van der Waals surface area (Å²) in [6.07, 6.45) is 0. The Labute approximate surface area is 529 Å². The Kier molecular flexibility index (Phi) is 38.9. The predicted octanol–water partition coefficient (Wildman–Crippen LogP) is 9.10. The minimum absolute atomic E-state index is 0.0914. The lowest BCUT2D eigenvalue weighted by Crippen LogP contribution is -2.49. The molecular formula is C66H109N4O16S2+. The lowest BCUT2D eigenvalue weighted by Gasteiger charge is -2.44. The maximum Gasteiger partial charge on any atom is 0.297 e. The van der Waals surface area contributed by atoms with Crippen molar-refractivity contribution >= 4 is 31.6 Å². The molecule has 4 aromatic rings. The van der Waals surface area contributed by atoms with Gasteiger partial charge in [-0.25, -0.2) is 0 Å². The topological polar surface area (TPSA) is 186 Å². The molecule has 0 aliphatic rings. The van der Waals surface area contributed by atoms with E-state index in [1.165, 1.54) is 29.8 Å². The zero-order chi connectivity index (χ0) is 64.5. The van der Waals surface area contributed by atoms with Gasteiger partial charge in [-0.2, -0.15) is 16.8 Å². The molecule has 0 atom stereocenters. The van der Waals surface area contributed by atoms with Crippen LogP contribution in [0, 0.1) is 34.2 Å². The van der Waals surface area contributed by atoms with E-state index < -0.39 is 20.2 Å². The van der Waals surface area contributed by atoms with Crippen LogP contribution in [-0.2, 0) is 66.5 Å². The van der Waals surface area contributed by atoms with Gasteiger partial charge in [-0.3, -0.25) is 8.37 Å². The van der Waals surface area contributed by atoms with Crippen LogP contribution in [0.25, 0.3) is 0 Å². The van der Waals surface area contributed by atoms with Gasteiger partial charge in [0.05, 0.1) is 194 Å². The van der Waals surface area contributed by atoms with Crippen LogP contribution in [0.3, 0.4) is 0 Å². The normalized spacial score (nSPS) is 12.0. The first kappa shape index (κ1) is 77.7. The highest BCUT2D eigenvalue weighted by Gasteiger charge is 2.21. The molecule has 0 amide bonds. The zero-order valence-corrected chi connectivity index (χ0v) is 56.9. The summed E-state index contributed by atoms with van der Waals surface area (Å²) in [4.78, 5) is 4.62. The number of ether oxygens (including phenoxy) is 10. The number of rotatable bonds is 50. The van der Waals surface area contributed by atoms with E-state index in [0.29, 0.717) is 79.2 Å². The van der Waals surface area contributed by atoms with E-state index in [9.17, 15) is 16.8 Å². The van der Waals surface area contributed by atoms with Gasteiger partial charge in [0.15, 0.2) is 0 Å². The number of aryl methyl sites for hydroxylation is 4. The lowest BCUT2D eigenvalue weighted by atomic mass is 10.2. The molecule has 88 heavy (non-hydrogen) atoms. The molecule has 0 radical (unpaired) electrons. The van der Waals surface area contributed by atoms with Gasteiger partial charge in [-0.1, -0.05) is 47.5 Å². The highest BCUT2D eigenvalue weighted by molar-refractivity contribution is 7.87. The summed E-state index contributed by atoms with van der Waals surface area (Å²) in [6.45, 7) is 41.2. The highest BCUT2D eigenvalue weighted by Crippen LogP contribution is 2.30. The minimum atomic E-state index is -3.82. The van der Waals surface area contributed by atoms with Gasteiger partial charge in [0, 0.05) is 26.2 Å². The largest absolute Gasteiger partial charge is 0.495 e. The molecule has 0 saturated carbocycles. The molecule has 0 saturated heterocycles. The number of nitrogens with zero attached hydrogens (tertiary/aromatic N) is 4. The molecule has 0 fully saturated rings. The molecule has 0 N–H and O–H groups in total. The van der Waals surface area contributed by atoms with Gasteiger partial charge in [0.1, 0.15) is 18.0 Å². The number of benzene rings is 4. The Hall–Kier alpha value is -4.50. The van der Waals surface area contributed by atoms with Crippen LogP contribution in [0.1, 0.15) is 63.8 Å². The van der Waals surface area contributed by atoms with E-state index in [1.807, 2.05) is 45.0 Å². The van der Waals surface area contributed by atoms with Crippen LogP contribution < -0.4 is 19.3 Å². The number of hydrogen-bond donors (Lipinski definition) is 0. The maximum atomic E-state index is 12.3. The SMILES string of the molecule is COc1ccc(C)cc1N(CCOCCOCCOS(=O)(=O)c1ccc(C)cc1)CCOCCOCCOS(=O)(=O)c1ccc(C)cc1.C[CH-][N+](CC)(CC)CCOCCOCCN(CCOCCOCC[N+](CC)(CC)CC)c1cc(C)ccc1OC. The first-order chi connectivity index (χ1) is 42.4. The fourth-order valence-electron chi connectivity index (χ4n) is 9.42. The summed E-state index contributed by atoms with van der Waals surface area (Å²) in [7, 11) is -4.30. The fraction of sp³-hybridized carbons (Fsp3) is 0.621. The van der Waals surface area contributed by atoms with Gasteiger partial charge < -0.3 is 66.1 Å². The molecule has 0 aliphatic heterocycles. The minimum Gasteiger partial charge on any atom is -0.495 e.